The highest BCUT2D eigenvalue weighted by Gasteiger charge is 2.02. The molecule has 0 aliphatic carbocycles. The van der Waals surface area contributed by atoms with E-state index in [0.29, 0.717) is 13.1 Å². The van der Waals surface area contributed by atoms with Gasteiger partial charge in [-0.25, -0.2) is 0 Å². The van der Waals surface area contributed by atoms with Crippen LogP contribution in [0, 0.1) is 0 Å². The average molecular weight is 315 g/mol. The number of nitrogens with one attached hydrogen (secondary N) is 2. The summed E-state index contributed by atoms with van der Waals surface area (Å²) >= 11 is 0. The van der Waals surface area contributed by atoms with E-state index in [1.165, 1.54) is 5.56 Å². The maximum absolute atomic E-state index is 5.64. The summed E-state index contributed by atoms with van der Waals surface area (Å²) in [6, 6.07) is 10.1. The second-order valence-electron chi connectivity index (χ2n) is 5.54. The minimum absolute atomic E-state index is 0.189. The highest BCUT2D eigenvalue weighted by atomic mass is 16.5. The molecular weight excluding hydrogens is 290 g/mol. The van der Waals surface area contributed by atoms with Gasteiger partial charge in [0, 0.05) is 26.8 Å². The summed E-state index contributed by atoms with van der Waals surface area (Å²) < 4.78 is 7.48. The number of aryl methyl sites for hydroxylation is 1. The van der Waals surface area contributed by atoms with Crippen LogP contribution >= 0.6 is 0 Å². The third-order valence-corrected chi connectivity index (χ3v) is 3.34. The molecule has 6 heteroatoms. The number of rotatable bonds is 6. The molecule has 2 rings (SSSR count). The van der Waals surface area contributed by atoms with E-state index in [2.05, 4.69) is 32.9 Å². The molecular formula is C17H25N5O. The maximum atomic E-state index is 5.64. The minimum Gasteiger partial charge on any atom is -0.491 e. The lowest BCUT2D eigenvalue weighted by Crippen LogP contribution is -2.36. The number of ether oxygens (including phenoxy) is 1. The number of benzene rings is 1. The zero-order valence-corrected chi connectivity index (χ0v) is 14.2. The van der Waals surface area contributed by atoms with Gasteiger partial charge in [-0.05, 0) is 37.6 Å². The van der Waals surface area contributed by atoms with Crippen LogP contribution in [-0.2, 0) is 20.1 Å². The molecule has 23 heavy (non-hydrogen) atoms. The molecule has 0 unspecified atom stereocenters. The fourth-order valence-electron chi connectivity index (χ4n) is 2.11. The zero-order chi connectivity index (χ0) is 16.7. The average Bonchev–Trinajstić information content (AvgIpc) is 2.94. The van der Waals surface area contributed by atoms with Crippen LogP contribution in [0.15, 0.2) is 41.5 Å². The molecule has 1 aromatic heterocycles. The van der Waals surface area contributed by atoms with Crippen LogP contribution in [0.5, 0.6) is 5.75 Å². The van der Waals surface area contributed by atoms with E-state index in [1.807, 2.05) is 43.8 Å². The normalized spacial score (nSPS) is 11.6. The van der Waals surface area contributed by atoms with Crippen molar-refractivity contribution in [2.24, 2.45) is 12.0 Å². The third kappa shape index (κ3) is 5.32. The predicted molar refractivity (Wildman–Crippen MR) is 92.5 cm³/mol. The van der Waals surface area contributed by atoms with Gasteiger partial charge >= 0.3 is 0 Å². The van der Waals surface area contributed by atoms with Gasteiger partial charge in [-0.15, -0.1) is 0 Å². The standard InChI is InChI=1S/C17H25N5O/c1-13(2)23-16-7-5-14(6-8-16)11-19-17(18-3)20-12-15-9-10-21-22(15)4/h5-10,13H,11-12H2,1-4H3,(H2,18,19,20). The Morgan fingerprint density at radius 1 is 1.17 bits per heavy atom. The minimum atomic E-state index is 0.189. The lowest BCUT2D eigenvalue weighted by Gasteiger charge is -2.13. The molecule has 0 atom stereocenters. The van der Waals surface area contributed by atoms with Crippen molar-refractivity contribution in [3.05, 3.63) is 47.8 Å². The molecule has 0 saturated carbocycles. The second-order valence-corrected chi connectivity index (χ2v) is 5.54. The summed E-state index contributed by atoms with van der Waals surface area (Å²) in [4.78, 5) is 4.23. The second kappa shape index (κ2) is 8.22. The molecule has 1 heterocycles. The molecule has 124 valence electrons. The van der Waals surface area contributed by atoms with Crippen molar-refractivity contribution in [2.45, 2.75) is 33.0 Å². The topological polar surface area (TPSA) is 63.5 Å². The van der Waals surface area contributed by atoms with Gasteiger partial charge in [-0.3, -0.25) is 9.67 Å². The van der Waals surface area contributed by atoms with Crippen LogP contribution < -0.4 is 15.4 Å². The molecule has 0 amide bonds. The molecule has 6 nitrogen and oxygen atoms in total. The van der Waals surface area contributed by atoms with Crippen molar-refractivity contribution >= 4 is 5.96 Å². The molecule has 0 fully saturated rings. The number of guanidine groups is 1. The van der Waals surface area contributed by atoms with Gasteiger partial charge in [-0.1, -0.05) is 12.1 Å². The van der Waals surface area contributed by atoms with E-state index in [-0.39, 0.29) is 6.10 Å². The quantitative estimate of drug-likeness (QED) is 0.633. The molecule has 1 aromatic carbocycles. The largest absolute Gasteiger partial charge is 0.491 e. The van der Waals surface area contributed by atoms with Crippen LogP contribution in [-0.4, -0.2) is 28.9 Å². The lowest BCUT2D eigenvalue weighted by atomic mass is 10.2. The molecule has 0 aliphatic rings. The smallest absolute Gasteiger partial charge is 0.191 e. The first-order valence-electron chi connectivity index (χ1n) is 7.75. The van der Waals surface area contributed by atoms with Crippen molar-refractivity contribution < 1.29 is 4.74 Å². The van der Waals surface area contributed by atoms with Gasteiger partial charge in [0.15, 0.2) is 5.96 Å². The van der Waals surface area contributed by atoms with Gasteiger partial charge in [0.05, 0.1) is 18.3 Å². The Bertz CT molecular complexity index is 631. The van der Waals surface area contributed by atoms with Crippen molar-refractivity contribution in [3.63, 3.8) is 0 Å². The molecule has 0 saturated heterocycles. The molecule has 2 aromatic rings. The molecule has 0 aliphatic heterocycles. The van der Waals surface area contributed by atoms with Crippen LogP contribution in [0.1, 0.15) is 25.1 Å². The van der Waals surface area contributed by atoms with Gasteiger partial charge in [-0.2, -0.15) is 5.10 Å². The summed E-state index contributed by atoms with van der Waals surface area (Å²) in [6.45, 7) is 5.42. The van der Waals surface area contributed by atoms with E-state index in [1.54, 1.807) is 13.2 Å². The number of aromatic nitrogens is 2. The van der Waals surface area contributed by atoms with Crippen molar-refractivity contribution in [1.82, 2.24) is 20.4 Å². The number of hydrogen-bond donors (Lipinski definition) is 2. The van der Waals surface area contributed by atoms with Crippen molar-refractivity contribution in [1.29, 1.82) is 0 Å². The van der Waals surface area contributed by atoms with Crippen LogP contribution in [0.3, 0.4) is 0 Å². The Balaban J connectivity index is 1.82. The maximum Gasteiger partial charge on any atom is 0.191 e. The number of aliphatic imine (C=N–C) groups is 1. The summed E-state index contributed by atoms with van der Waals surface area (Å²) in [6.07, 6.45) is 1.97. The van der Waals surface area contributed by atoms with Gasteiger partial charge in [0.2, 0.25) is 0 Å². The summed E-state index contributed by atoms with van der Waals surface area (Å²) in [5.74, 6) is 1.65. The summed E-state index contributed by atoms with van der Waals surface area (Å²) in [5.41, 5.74) is 2.27. The highest BCUT2D eigenvalue weighted by molar-refractivity contribution is 5.79. The Morgan fingerprint density at radius 2 is 1.87 bits per heavy atom. The lowest BCUT2D eigenvalue weighted by molar-refractivity contribution is 0.242. The van der Waals surface area contributed by atoms with Crippen LogP contribution in [0.4, 0.5) is 0 Å². The first-order valence-corrected chi connectivity index (χ1v) is 7.75. The fourth-order valence-corrected chi connectivity index (χ4v) is 2.11. The predicted octanol–water partition coefficient (Wildman–Crippen LogP) is 2.07. The van der Waals surface area contributed by atoms with Crippen molar-refractivity contribution in [2.75, 3.05) is 7.05 Å². The third-order valence-electron chi connectivity index (χ3n) is 3.34. The Morgan fingerprint density at radius 3 is 2.43 bits per heavy atom. The van der Waals surface area contributed by atoms with Crippen LogP contribution in [0.2, 0.25) is 0 Å². The summed E-state index contributed by atoms with van der Waals surface area (Å²) in [5, 5.41) is 10.7. The molecule has 0 radical (unpaired) electrons. The SMILES string of the molecule is CN=C(NCc1ccc(OC(C)C)cc1)NCc1ccnn1C. The molecule has 2 N–H and O–H groups in total. The first-order chi connectivity index (χ1) is 11.1. The number of nitrogens with zero attached hydrogens (tertiary/aromatic N) is 3. The molecule has 0 spiro atoms. The van der Waals surface area contributed by atoms with Crippen LogP contribution in [0.25, 0.3) is 0 Å². The first kappa shape index (κ1) is 16.9. The van der Waals surface area contributed by atoms with E-state index < -0.39 is 0 Å². The van der Waals surface area contributed by atoms with E-state index in [9.17, 15) is 0 Å². The van der Waals surface area contributed by atoms with Gasteiger partial charge < -0.3 is 15.4 Å². The number of hydrogen-bond acceptors (Lipinski definition) is 3. The van der Waals surface area contributed by atoms with E-state index >= 15 is 0 Å². The Hall–Kier alpha value is -2.50. The van der Waals surface area contributed by atoms with E-state index in [0.717, 1.165) is 17.4 Å². The zero-order valence-electron chi connectivity index (χ0n) is 14.2. The monoisotopic (exact) mass is 315 g/mol. The highest BCUT2D eigenvalue weighted by Crippen LogP contribution is 2.13. The fraction of sp³-hybridized carbons (Fsp3) is 0.412. The Kier molecular flexibility index (Phi) is 6.02. The van der Waals surface area contributed by atoms with Gasteiger partial charge in [0.25, 0.3) is 0 Å². The van der Waals surface area contributed by atoms with Crippen molar-refractivity contribution in [3.8, 4) is 5.75 Å². The van der Waals surface area contributed by atoms with E-state index in [4.69, 9.17) is 4.74 Å². The Labute approximate surface area is 137 Å². The summed E-state index contributed by atoms with van der Waals surface area (Å²) in [7, 11) is 3.69. The molecule has 0 bridgehead atoms. The van der Waals surface area contributed by atoms with Gasteiger partial charge in [0.1, 0.15) is 5.75 Å².